The van der Waals surface area contributed by atoms with Crippen LogP contribution in [-0.2, 0) is 24.2 Å². The fourth-order valence-electron chi connectivity index (χ4n) is 2.55. The number of nitrogens with zero attached hydrogens (tertiary/aromatic N) is 2. The molecule has 1 amide bonds. The number of carbonyl (C=O) groups excluding carboxylic acids is 1. The molecule has 6 heteroatoms. The largest absolute Gasteiger partial charge is 0.378 e. The molecule has 3 aromatic rings. The van der Waals surface area contributed by atoms with Gasteiger partial charge in [-0.25, -0.2) is 4.98 Å². The van der Waals surface area contributed by atoms with Gasteiger partial charge < -0.3 is 10.6 Å². The molecule has 0 saturated heterocycles. The lowest BCUT2D eigenvalue weighted by atomic mass is 10.1. The number of carbonyl (C=O) groups is 1. The lowest BCUT2D eigenvalue weighted by Gasteiger charge is -2.04. The molecule has 0 atom stereocenters. The van der Waals surface area contributed by atoms with Crippen molar-refractivity contribution in [3.05, 3.63) is 77.4 Å². The predicted octanol–water partition coefficient (Wildman–Crippen LogP) is 2.63. The van der Waals surface area contributed by atoms with E-state index >= 15 is 0 Å². The predicted molar refractivity (Wildman–Crippen MR) is 102 cm³/mol. The summed E-state index contributed by atoms with van der Waals surface area (Å²) in [6.07, 6.45) is 0.988. The minimum atomic E-state index is -0.0713. The standard InChI is InChI=1S/C20H23N5O/c1-15-7-9-17(10-8-15)22-14-19-23-18(24-25-19)13-20(26)21-12-11-16-5-3-2-4-6-16/h2-10,22H,11-14H2,1H3,(H,21,26)(H,23,24,25). The van der Waals surface area contributed by atoms with Gasteiger partial charge in [0.15, 0.2) is 5.82 Å². The molecule has 0 aliphatic rings. The number of aromatic amines is 1. The molecule has 0 spiro atoms. The average Bonchev–Trinajstić information content (AvgIpc) is 3.09. The summed E-state index contributed by atoms with van der Waals surface area (Å²) < 4.78 is 0. The Bertz CT molecular complexity index is 827. The second-order valence-corrected chi connectivity index (χ2v) is 6.18. The topological polar surface area (TPSA) is 82.7 Å². The van der Waals surface area contributed by atoms with Gasteiger partial charge in [0.05, 0.1) is 13.0 Å². The molecule has 0 saturated carbocycles. The van der Waals surface area contributed by atoms with Crippen molar-refractivity contribution >= 4 is 11.6 Å². The molecular weight excluding hydrogens is 326 g/mol. The monoisotopic (exact) mass is 349 g/mol. The van der Waals surface area contributed by atoms with E-state index in [0.717, 1.165) is 12.1 Å². The molecule has 2 aromatic carbocycles. The third-order valence-corrected chi connectivity index (χ3v) is 3.99. The number of aryl methyl sites for hydroxylation is 1. The number of hydrogen-bond donors (Lipinski definition) is 3. The van der Waals surface area contributed by atoms with Crippen LogP contribution in [0.15, 0.2) is 54.6 Å². The lowest BCUT2D eigenvalue weighted by Crippen LogP contribution is -2.27. The maximum Gasteiger partial charge on any atom is 0.227 e. The maximum absolute atomic E-state index is 12.0. The first-order valence-electron chi connectivity index (χ1n) is 8.70. The molecule has 134 valence electrons. The number of amides is 1. The highest BCUT2D eigenvalue weighted by Crippen LogP contribution is 2.09. The van der Waals surface area contributed by atoms with Gasteiger partial charge in [0, 0.05) is 12.2 Å². The van der Waals surface area contributed by atoms with E-state index in [-0.39, 0.29) is 12.3 Å². The molecule has 0 bridgehead atoms. The Morgan fingerprint density at radius 3 is 2.62 bits per heavy atom. The zero-order valence-corrected chi connectivity index (χ0v) is 14.8. The van der Waals surface area contributed by atoms with Crippen LogP contribution in [0.4, 0.5) is 5.69 Å². The van der Waals surface area contributed by atoms with E-state index < -0.39 is 0 Å². The van der Waals surface area contributed by atoms with Gasteiger partial charge in [-0.2, -0.15) is 5.10 Å². The first-order chi connectivity index (χ1) is 12.7. The van der Waals surface area contributed by atoms with Crippen molar-refractivity contribution in [2.45, 2.75) is 26.3 Å². The van der Waals surface area contributed by atoms with E-state index in [1.54, 1.807) is 0 Å². The first-order valence-corrected chi connectivity index (χ1v) is 8.70. The van der Waals surface area contributed by atoms with Gasteiger partial charge in [-0.05, 0) is 31.0 Å². The summed E-state index contributed by atoms with van der Waals surface area (Å²) in [4.78, 5) is 16.4. The van der Waals surface area contributed by atoms with Crippen LogP contribution in [0.25, 0.3) is 0 Å². The Morgan fingerprint density at radius 1 is 1.08 bits per heavy atom. The molecule has 0 fully saturated rings. The van der Waals surface area contributed by atoms with Crippen molar-refractivity contribution < 1.29 is 4.79 Å². The average molecular weight is 349 g/mol. The number of hydrogen-bond acceptors (Lipinski definition) is 4. The number of anilines is 1. The SMILES string of the molecule is Cc1ccc(NCc2nc(CC(=O)NCCc3ccccc3)n[nH]2)cc1. The Hall–Kier alpha value is -3.15. The van der Waals surface area contributed by atoms with Crippen LogP contribution in [0.2, 0.25) is 0 Å². The van der Waals surface area contributed by atoms with Gasteiger partial charge >= 0.3 is 0 Å². The van der Waals surface area contributed by atoms with E-state index in [1.165, 1.54) is 11.1 Å². The third kappa shape index (κ3) is 5.44. The Labute approximate surface area is 153 Å². The van der Waals surface area contributed by atoms with Crippen LogP contribution in [0.5, 0.6) is 0 Å². The molecule has 6 nitrogen and oxygen atoms in total. The van der Waals surface area contributed by atoms with Crippen molar-refractivity contribution in [2.24, 2.45) is 0 Å². The van der Waals surface area contributed by atoms with Crippen LogP contribution in [0.1, 0.15) is 22.8 Å². The highest BCUT2D eigenvalue weighted by molar-refractivity contribution is 5.77. The second-order valence-electron chi connectivity index (χ2n) is 6.18. The van der Waals surface area contributed by atoms with Crippen LogP contribution in [0.3, 0.4) is 0 Å². The summed E-state index contributed by atoms with van der Waals surface area (Å²) in [5, 5.41) is 13.2. The van der Waals surface area contributed by atoms with E-state index in [1.807, 2.05) is 42.5 Å². The molecular formula is C20H23N5O. The van der Waals surface area contributed by atoms with Crippen LogP contribution >= 0.6 is 0 Å². The Kier molecular flexibility index (Phi) is 5.98. The second kappa shape index (κ2) is 8.80. The van der Waals surface area contributed by atoms with Crippen molar-refractivity contribution in [3.8, 4) is 0 Å². The molecule has 1 heterocycles. The first kappa shape index (κ1) is 17.7. The van der Waals surface area contributed by atoms with E-state index in [4.69, 9.17) is 0 Å². The number of rotatable bonds is 8. The summed E-state index contributed by atoms with van der Waals surface area (Å²) >= 11 is 0. The minimum Gasteiger partial charge on any atom is -0.378 e. The summed E-state index contributed by atoms with van der Waals surface area (Å²) in [6, 6.07) is 18.2. The van der Waals surface area contributed by atoms with Crippen molar-refractivity contribution in [1.29, 1.82) is 0 Å². The zero-order chi connectivity index (χ0) is 18.2. The van der Waals surface area contributed by atoms with Gasteiger partial charge in [0.1, 0.15) is 5.82 Å². The smallest absolute Gasteiger partial charge is 0.227 e. The summed E-state index contributed by atoms with van der Waals surface area (Å²) in [5.74, 6) is 1.14. The zero-order valence-electron chi connectivity index (χ0n) is 14.8. The van der Waals surface area contributed by atoms with Crippen LogP contribution in [0, 0.1) is 6.92 Å². The highest BCUT2D eigenvalue weighted by Gasteiger charge is 2.08. The summed E-state index contributed by atoms with van der Waals surface area (Å²) in [5.41, 5.74) is 3.44. The number of H-pyrrole nitrogens is 1. The lowest BCUT2D eigenvalue weighted by molar-refractivity contribution is -0.120. The molecule has 1 aromatic heterocycles. The van der Waals surface area contributed by atoms with Gasteiger partial charge in [-0.3, -0.25) is 9.89 Å². The van der Waals surface area contributed by atoms with Gasteiger partial charge in [-0.15, -0.1) is 0 Å². The van der Waals surface area contributed by atoms with Crippen LogP contribution < -0.4 is 10.6 Å². The summed E-state index contributed by atoms with van der Waals surface area (Å²) in [7, 11) is 0. The maximum atomic E-state index is 12.0. The van der Waals surface area contributed by atoms with Crippen molar-refractivity contribution in [1.82, 2.24) is 20.5 Å². The van der Waals surface area contributed by atoms with E-state index in [2.05, 4.69) is 44.9 Å². The molecule has 0 aliphatic heterocycles. The molecule has 26 heavy (non-hydrogen) atoms. The fourth-order valence-corrected chi connectivity index (χ4v) is 2.55. The molecule has 3 N–H and O–H groups in total. The highest BCUT2D eigenvalue weighted by atomic mass is 16.1. The van der Waals surface area contributed by atoms with Crippen molar-refractivity contribution in [3.63, 3.8) is 0 Å². The van der Waals surface area contributed by atoms with Crippen LogP contribution in [-0.4, -0.2) is 27.6 Å². The van der Waals surface area contributed by atoms with E-state index in [9.17, 15) is 4.79 Å². The quantitative estimate of drug-likeness (QED) is 0.584. The number of nitrogens with one attached hydrogen (secondary N) is 3. The number of aromatic nitrogens is 3. The number of benzene rings is 2. The molecule has 0 aliphatic carbocycles. The summed E-state index contributed by atoms with van der Waals surface area (Å²) in [6.45, 7) is 3.19. The Morgan fingerprint density at radius 2 is 1.85 bits per heavy atom. The van der Waals surface area contributed by atoms with E-state index in [0.29, 0.717) is 24.7 Å². The van der Waals surface area contributed by atoms with Gasteiger partial charge in [0.2, 0.25) is 5.91 Å². The van der Waals surface area contributed by atoms with Crippen molar-refractivity contribution in [2.75, 3.05) is 11.9 Å². The normalized spacial score (nSPS) is 10.5. The molecule has 0 unspecified atom stereocenters. The molecule has 3 rings (SSSR count). The fraction of sp³-hybridized carbons (Fsp3) is 0.250. The van der Waals surface area contributed by atoms with Gasteiger partial charge in [0.25, 0.3) is 0 Å². The minimum absolute atomic E-state index is 0.0713. The van der Waals surface area contributed by atoms with Gasteiger partial charge in [-0.1, -0.05) is 48.0 Å². The molecule has 0 radical (unpaired) electrons. The Balaban J connectivity index is 1.41. The third-order valence-electron chi connectivity index (χ3n) is 3.99.